The molecule has 13 nitrogen and oxygen atoms in total. The van der Waals surface area contributed by atoms with Crippen molar-refractivity contribution in [1.82, 2.24) is 25.1 Å². The van der Waals surface area contributed by atoms with Crippen LogP contribution in [-0.4, -0.2) is 87.7 Å². The molecule has 4 aromatic carbocycles. The molecule has 3 fully saturated rings. The van der Waals surface area contributed by atoms with Crippen molar-refractivity contribution in [2.24, 2.45) is 0 Å². The number of anilines is 1. The largest absolute Gasteiger partial charge is 0.445 e. The second-order valence-electron chi connectivity index (χ2n) is 14.8. The molecule has 1 aromatic heterocycles. The van der Waals surface area contributed by atoms with E-state index < -0.39 is 24.3 Å². The van der Waals surface area contributed by atoms with Crippen LogP contribution in [0.5, 0.6) is 0 Å². The zero-order valence-electron chi connectivity index (χ0n) is 32.1. The van der Waals surface area contributed by atoms with Gasteiger partial charge in [0.15, 0.2) is 6.29 Å². The molecular formula is C45H46N6O7. The number of nitrogens with zero attached hydrogens (tertiary/aromatic N) is 5. The molecule has 0 saturated carbocycles. The van der Waals surface area contributed by atoms with Gasteiger partial charge in [-0.15, -0.1) is 0 Å². The molecule has 2 N–H and O–H groups in total. The van der Waals surface area contributed by atoms with Crippen molar-refractivity contribution >= 4 is 23.9 Å². The summed E-state index contributed by atoms with van der Waals surface area (Å²) in [6, 6.07) is 33.8. The molecule has 4 unspecified atom stereocenters. The summed E-state index contributed by atoms with van der Waals surface area (Å²) in [5.41, 5.74) is 6.25. The van der Waals surface area contributed by atoms with E-state index in [0.717, 1.165) is 77.6 Å². The molecule has 0 spiro atoms. The Kier molecular flexibility index (Phi) is 12.1. The van der Waals surface area contributed by atoms with Crippen molar-refractivity contribution in [2.45, 2.75) is 57.1 Å². The number of amides is 3. The number of alkyl carbamates (subject to hydrolysis) is 1. The fraction of sp³-hybridized carbons (Fsp3) is 0.311. The van der Waals surface area contributed by atoms with Gasteiger partial charge < -0.3 is 29.5 Å². The van der Waals surface area contributed by atoms with Gasteiger partial charge in [0.05, 0.1) is 31.8 Å². The predicted molar refractivity (Wildman–Crippen MR) is 215 cm³/mol. The summed E-state index contributed by atoms with van der Waals surface area (Å²) in [6.07, 6.45) is 2.50. The first-order valence-electron chi connectivity index (χ1n) is 19.6. The van der Waals surface area contributed by atoms with Crippen LogP contribution in [0, 0.1) is 0 Å². The molecule has 3 aliphatic heterocycles. The Balaban J connectivity index is 0.908. The number of carbonyl (C=O) groups excluding carboxylic acids is 3. The molecule has 3 aliphatic rings. The van der Waals surface area contributed by atoms with Gasteiger partial charge in [-0.1, -0.05) is 97.1 Å². The molecule has 58 heavy (non-hydrogen) atoms. The molecule has 5 aromatic rings. The number of imide groups is 1. The lowest BCUT2D eigenvalue weighted by molar-refractivity contribution is -0.253. The number of piperazine rings is 1. The summed E-state index contributed by atoms with van der Waals surface area (Å²) >= 11 is 0. The van der Waals surface area contributed by atoms with Gasteiger partial charge in [-0.3, -0.25) is 19.4 Å². The summed E-state index contributed by atoms with van der Waals surface area (Å²) in [5.74, 6) is -0.0658. The third kappa shape index (κ3) is 9.41. The summed E-state index contributed by atoms with van der Waals surface area (Å²) in [4.78, 5) is 53.2. The first-order valence-corrected chi connectivity index (χ1v) is 19.6. The van der Waals surface area contributed by atoms with Crippen LogP contribution in [0.2, 0.25) is 0 Å². The number of hydrogen-bond acceptors (Lipinski definition) is 11. The molecule has 3 saturated heterocycles. The van der Waals surface area contributed by atoms with Crippen molar-refractivity contribution in [3.8, 4) is 11.1 Å². The van der Waals surface area contributed by atoms with Crippen LogP contribution in [0.1, 0.15) is 53.1 Å². The Hall–Kier alpha value is -5.99. The maximum Gasteiger partial charge on any atom is 0.408 e. The number of nitrogens with one attached hydrogen (secondary N) is 1. The molecule has 4 heterocycles. The lowest BCUT2D eigenvalue weighted by Crippen LogP contribution is -2.50. The summed E-state index contributed by atoms with van der Waals surface area (Å²) in [7, 11) is 0. The molecule has 8 rings (SSSR count). The number of benzene rings is 4. The highest BCUT2D eigenvalue weighted by Crippen LogP contribution is 2.39. The second-order valence-corrected chi connectivity index (χ2v) is 14.8. The average molecular weight is 783 g/mol. The van der Waals surface area contributed by atoms with E-state index in [2.05, 4.69) is 25.1 Å². The maximum absolute atomic E-state index is 13.2. The highest BCUT2D eigenvalue weighted by atomic mass is 16.7. The van der Waals surface area contributed by atoms with E-state index in [0.29, 0.717) is 6.42 Å². The van der Waals surface area contributed by atoms with Gasteiger partial charge in [0.2, 0.25) is 11.9 Å². The fourth-order valence-electron chi connectivity index (χ4n) is 7.64. The predicted octanol–water partition coefficient (Wildman–Crippen LogP) is 5.56. The van der Waals surface area contributed by atoms with Crippen molar-refractivity contribution in [3.63, 3.8) is 0 Å². The highest BCUT2D eigenvalue weighted by molar-refractivity contribution is 6.06. The van der Waals surface area contributed by atoms with Crippen molar-refractivity contribution in [1.29, 1.82) is 0 Å². The number of ether oxygens (including phenoxy) is 3. The van der Waals surface area contributed by atoms with Gasteiger partial charge >= 0.3 is 6.09 Å². The van der Waals surface area contributed by atoms with E-state index in [1.807, 2.05) is 109 Å². The number of aliphatic hydroxyl groups excluding tert-OH is 1. The lowest BCUT2D eigenvalue weighted by Gasteiger charge is -2.40. The standard InChI is InChI=1S/C45H46N6O7/c52-29-31-10-12-35(13-11-31)40-25-38(28-49-20-22-50(23-21-49)44-46-18-5-19-47-44)57-43(58-40)36-16-14-34(15-17-36)37-9-4-8-33(24-37)27-51-41(53)26-39(42(51)54)48-45(55)56-30-32-6-2-1-3-7-32/h1-19,24,38-40,43,52H,20-23,25-30H2,(H,48,55). The minimum atomic E-state index is -0.977. The first-order chi connectivity index (χ1) is 28.4. The molecule has 0 radical (unpaired) electrons. The number of hydrogen-bond donors (Lipinski definition) is 2. The first kappa shape index (κ1) is 38.9. The van der Waals surface area contributed by atoms with E-state index >= 15 is 0 Å². The van der Waals surface area contributed by atoms with Crippen molar-refractivity contribution in [3.05, 3.63) is 149 Å². The molecule has 4 atom stereocenters. The molecule has 298 valence electrons. The van der Waals surface area contributed by atoms with Crippen molar-refractivity contribution < 1.29 is 33.7 Å². The van der Waals surface area contributed by atoms with Crippen molar-refractivity contribution in [2.75, 3.05) is 37.6 Å². The highest BCUT2D eigenvalue weighted by Gasteiger charge is 2.40. The van der Waals surface area contributed by atoms with E-state index in [1.165, 1.54) is 4.90 Å². The summed E-state index contributed by atoms with van der Waals surface area (Å²) < 4.78 is 18.5. The number of carbonyl (C=O) groups is 3. The number of aromatic nitrogens is 2. The molecule has 13 heteroatoms. The molecule has 3 amide bonds. The Labute approximate surface area is 337 Å². The van der Waals surface area contributed by atoms with Crippen LogP contribution in [-0.2, 0) is 43.6 Å². The van der Waals surface area contributed by atoms with Gasteiger partial charge in [-0.25, -0.2) is 14.8 Å². The normalized spacial score (nSPS) is 21.3. The monoisotopic (exact) mass is 782 g/mol. The Morgan fingerprint density at radius 2 is 1.50 bits per heavy atom. The average Bonchev–Trinajstić information content (AvgIpc) is 3.53. The number of likely N-dealkylation sites (tertiary alicyclic amines) is 1. The third-order valence-corrected chi connectivity index (χ3v) is 10.8. The van der Waals surface area contributed by atoms with E-state index in [9.17, 15) is 19.5 Å². The number of rotatable bonds is 12. The minimum absolute atomic E-state index is 0.0181. The van der Waals surface area contributed by atoms with Gasteiger partial charge in [0.25, 0.3) is 5.91 Å². The van der Waals surface area contributed by atoms with Gasteiger partial charge in [-0.2, -0.15) is 0 Å². The Morgan fingerprint density at radius 1 is 0.776 bits per heavy atom. The topological polar surface area (TPSA) is 147 Å². The van der Waals surface area contributed by atoms with Crippen LogP contribution in [0.4, 0.5) is 10.7 Å². The Morgan fingerprint density at radius 3 is 2.24 bits per heavy atom. The zero-order valence-corrected chi connectivity index (χ0v) is 32.1. The number of aliphatic hydroxyl groups is 1. The Bertz CT molecular complexity index is 2170. The lowest BCUT2D eigenvalue weighted by atomic mass is 9.98. The van der Waals surface area contributed by atoms with E-state index in [-0.39, 0.29) is 44.3 Å². The van der Waals surface area contributed by atoms with E-state index in [4.69, 9.17) is 14.2 Å². The van der Waals surface area contributed by atoms with Crippen LogP contribution in [0.15, 0.2) is 122 Å². The quantitative estimate of drug-likeness (QED) is 0.154. The minimum Gasteiger partial charge on any atom is -0.445 e. The maximum atomic E-state index is 13.2. The van der Waals surface area contributed by atoms with Crippen LogP contribution in [0.3, 0.4) is 0 Å². The second kappa shape index (κ2) is 18.1. The van der Waals surface area contributed by atoms with Gasteiger partial charge in [0, 0.05) is 57.1 Å². The fourth-order valence-corrected chi connectivity index (χ4v) is 7.64. The van der Waals surface area contributed by atoms with Gasteiger partial charge in [-0.05, 0) is 45.5 Å². The van der Waals surface area contributed by atoms with Gasteiger partial charge in [0.1, 0.15) is 12.6 Å². The summed E-state index contributed by atoms with van der Waals surface area (Å²) in [5, 5.41) is 12.2. The molecule has 0 aliphatic carbocycles. The van der Waals surface area contributed by atoms with E-state index in [1.54, 1.807) is 12.4 Å². The SMILES string of the molecule is O=C(NC1CC(=O)N(Cc2cccc(-c3ccc(C4OC(CN5CCN(c6ncccn6)CC5)CC(c5ccc(CO)cc5)O4)cc3)c2)C1=O)OCc1ccccc1. The molecular weight excluding hydrogens is 737 g/mol. The molecule has 0 bridgehead atoms. The van der Waals surface area contributed by atoms with Crippen LogP contribution in [0.25, 0.3) is 11.1 Å². The third-order valence-electron chi connectivity index (χ3n) is 10.8. The zero-order chi connectivity index (χ0) is 39.8. The van der Waals surface area contributed by atoms with Crippen LogP contribution < -0.4 is 10.2 Å². The van der Waals surface area contributed by atoms with Crippen LogP contribution >= 0.6 is 0 Å². The smallest absolute Gasteiger partial charge is 0.408 e. The summed E-state index contributed by atoms with van der Waals surface area (Å²) in [6.45, 7) is 4.29.